The fourth-order valence-corrected chi connectivity index (χ4v) is 3.25. The summed E-state index contributed by atoms with van der Waals surface area (Å²) in [6, 6.07) is 5.78. The molecule has 2 aromatic rings. The maximum atomic E-state index is 12.3. The summed E-state index contributed by atoms with van der Waals surface area (Å²) in [6.45, 7) is 0. The normalized spacial score (nSPS) is 15.3. The molecule has 1 fully saturated rings. The van der Waals surface area contributed by atoms with Crippen molar-refractivity contribution >= 4 is 5.91 Å². The fourth-order valence-electron chi connectivity index (χ4n) is 3.25. The van der Waals surface area contributed by atoms with Crippen molar-refractivity contribution in [1.82, 2.24) is 15.5 Å². The molecule has 3 rings (SSSR count). The molecule has 1 saturated carbocycles. The van der Waals surface area contributed by atoms with E-state index < -0.39 is 0 Å². The second-order valence-electron chi connectivity index (χ2n) is 6.53. The molecule has 1 heterocycles. The van der Waals surface area contributed by atoms with Crippen molar-refractivity contribution in [1.29, 1.82) is 0 Å². The lowest BCUT2D eigenvalue weighted by Gasteiger charge is -2.14. The first-order valence-electron chi connectivity index (χ1n) is 9.03. The highest BCUT2D eigenvalue weighted by Crippen LogP contribution is 2.28. The van der Waals surface area contributed by atoms with Gasteiger partial charge in [0, 0.05) is 6.04 Å². The Bertz CT molecular complexity index is 736. The number of benzene rings is 1. The van der Waals surface area contributed by atoms with Crippen molar-refractivity contribution in [3.05, 3.63) is 35.5 Å². The van der Waals surface area contributed by atoms with Gasteiger partial charge in [-0.1, -0.05) is 31.7 Å². The van der Waals surface area contributed by atoms with Crippen LogP contribution in [0.5, 0.6) is 11.5 Å². The molecule has 0 saturated heterocycles. The first kappa shape index (κ1) is 18.2. The number of nitrogens with zero attached hydrogens (tertiary/aromatic N) is 2. The molecule has 0 spiro atoms. The van der Waals surface area contributed by atoms with E-state index >= 15 is 0 Å². The average molecular weight is 359 g/mol. The lowest BCUT2D eigenvalue weighted by Crippen LogP contribution is -2.34. The zero-order valence-corrected chi connectivity index (χ0v) is 15.3. The first-order chi connectivity index (χ1) is 12.7. The van der Waals surface area contributed by atoms with Gasteiger partial charge in [-0.05, 0) is 30.5 Å². The van der Waals surface area contributed by atoms with Crippen LogP contribution in [0.15, 0.2) is 22.6 Å². The second kappa shape index (κ2) is 8.69. The summed E-state index contributed by atoms with van der Waals surface area (Å²) in [6.07, 6.45) is 7.23. The van der Waals surface area contributed by atoms with E-state index in [0.29, 0.717) is 23.8 Å². The SMILES string of the molecule is COc1ccc(Cc2nnc(C(=O)NC3CCCCCC3)o2)cc1OC. The van der Waals surface area contributed by atoms with Crippen LogP contribution in [0.25, 0.3) is 0 Å². The first-order valence-corrected chi connectivity index (χ1v) is 9.03. The number of hydrogen-bond donors (Lipinski definition) is 1. The van der Waals surface area contributed by atoms with Crippen LogP contribution < -0.4 is 14.8 Å². The fraction of sp³-hybridized carbons (Fsp3) is 0.526. The van der Waals surface area contributed by atoms with Crippen molar-refractivity contribution < 1.29 is 18.7 Å². The average Bonchev–Trinajstić information content (AvgIpc) is 2.97. The van der Waals surface area contributed by atoms with E-state index in [1.807, 2.05) is 18.2 Å². The maximum Gasteiger partial charge on any atom is 0.309 e. The minimum atomic E-state index is -0.289. The van der Waals surface area contributed by atoms with Crippen molar-refractivity contribution in [2.24, 2.45) is 0 Å². The second-order valence-corrected chi connectivity index (χ2v) is 6.53. The Morgan fingerprint density at radius 2 is 1.85 bits per heavy atom. The standard InChI is InChI=1S/C19H25N3O4/c1-24-15-10-9-13(11-16(15)25-2)12-17-21-22-19(26-17)18(23)20-14-7-5-3-4-6-8-14/h9-11,14H,3-8,12H2,1-2H3,(H,20,23). The molecule has 7 heteroatoms. The van der Waals surface area contributed by atoms with Gasteiger partial charge in [0.05, 0.1) is 20.6 Å². The highest BCUT2D eigenvalue weighted by Gasteiger charge is 2.20. The van der Waals surface area contributed by atoms with Gasteiger partial charge in [-0.25, -0.2) is 0 Å². The molecule has 1 aromatic carbocycles. The van der Waals surface area contributed by atoms with E-state index in [2.05, 4.69) is 15.5 Å². The van der Waals surface area contributed by atoms with E-state index in [1.54, 1.807) is 14.2 Å². The van der Waals surface area contributed by atoms with E-state index in [4.69, 9.17) is 13.9 Å². The topological polar surface area (TPSA) is 86.5 Å². The van der Waals surface area contributed by atoms with E-state index in [1.165, 1.54) is 12.8 Å². The van der Waals surface area contributed by atoms with Crippen molar-refractivity contribution in [3.8, 4) is 11.5 Å². The predicted molar refractivity (Wildman–Crippen MR) is 95.6 cm³/mol. The summed E-state index contributed by atoms with van der Waals surface area (Å²) >= 11 is 0. The third kappa shape index (κ3) is 4.53. The van der Waals surface area contributed by atoms with Gasteiger partial charge < -0.3 is 19.2 Å². The van der Waals surface area contributed by atoms with Gasteiger partial charge in [-0.2, -0.15) is 0 Å². The van der Waals surface area contributed by atoms with Crippen molar-refractivity contribution in [2.75, 3.05) is 14.2 Å². The van der Waals surface area contributed by atoms with Gasteiger partial charge in [0.2, 0.25) is 5.89 Å². The minimum absolute atomic E-state index is 0.0183. The number of nitrogens with one attached hydrogen (secondary N) is 1. The van der Waals surface area contributed by atoms with Gasteiger partial charge in [0.15, 0.2) is 11.5 Å². The number of hydrogen-bond acceptors (Lipinski definition) is 6. The summed E-state index contributed by atoms with van der Waals surface area (Å²) in [5.74, 6) is 1.41. The number of aromatic nitrogens is 2. The molecule has 1 N–H and O–H groups in total. The predicted octanol–water partition coefficient (Wildman–Crippen LogP) is 3.13. The molecular weight excluding hydrogens is 334 g/mol. The number of amides is 1. The number of ether oxygens (including phenoxy) is 2. The summed E-state index contributed by atoms with van der Waals surface area (Å²) in [5.41, 5.74) is 0.932. The van der Waals surface area contributed by atoms with Gasteiger partial charge in [-0.15, -0.1) is 10.2 Å². The van der Waals surface area contributed by atoms with Crippen LogP contribution in [-0.4, -0.2) is 36.4 Å². The molecule has 1 amide bonds. The molecule has 1 aromatic heterocycles. The van der Waals surface area contributed by atoms with Crippen LogP contribution in [0.2, 0.25) is 0 Å². The molecular formula is C19H25N3O4. The third-order valence-corrected chi connectivity index (χ3v) is 4.65. The molecule has 140 valence electrons. The van der Waals surface area contributed by atoms with Crippen LogP contribution >= 0.6 is 0 Å². The lowest BCUT2D eigenvalue weighted by molar-refractivity contribution is 0.0896. The monoisotopic (exact) mass is 359 g/mol. The number of methoxy groups -OCH3 is 2. The van der Waals surface area contributed by atoms with Gasteiger partial charge >= 0.3 is 11.8 Å². The maximum absolute atomic E-state index is 12.3. The van der Waals surface area contributed by atoms with Gasteiger partial charge in [-0.3, -0.25) is 4.79 Å². The van der Waals surface area contributed by atoms with Crippen LogP contribution in [0.4, 0.5) is 0 Å². The molecule has 1 aliphatic rings. The Balaban J connectivity index is 1.63. The highest BCUT2D eigenvalue weighted by atomic mass is 16.5. The Hall–Kier alpha value is -2.57. The smallest absolute Gasteiger partial charge is 0.309 e. The Morgan fingerprint density at radius 3 is 2.54 bits per heavy atom. The van der Waals surface area contributed by atoms with Crippen LogP contribution in [0.1, 0.15) is 60.7 Å². The van der Waals surface area contributed by atoms with E-state index in [-0.39, 0.29) is 17.8 Å². The molecule has 0 aliphatic heterocycles. The molecule has 0 atom stereocenters. The van der Waals surface area contributed by atoms with E-state index in [9.17, 15) is 4.79 Å². The summed E-state index contributed by atoms with van der Waals surface area (Å²) in [7, 11) is 3.18. The number of rotatable bonds is 6. The van der Waals surface area contributed by atoms with E-state index in [0.717, 1.165) is 31.2 Å². The highest BCUT2D eigenvalue weighted by molar-refractivity contribution is 5.89. The largest absolute Gasteiger partial charge is 0.493 e. The Labute approximate surface area is 153 Å². The molecule has 26 heavy (non-hydrogen) atoms. The Morgan fingerprint density at radius 1 is 1.12 bits per heavy atom. The Kier molecular flexibility index (Phi) is 6.09. The minimum Gasteiger partial charge on any atom is -0.493 e. The summed E-state index contributed by atoms with van der Waals surface area (Å²) in [5, 5.41) is 10.9. The molecule has 7 nitrogen and oxygen atoms in total. The van der Waals surface area contributed by atoms with Crippen LogP contribution in [-0.2, 0) is 6.42 Å². The van der Waals surface area contributed by atoms with Crippen LogP contribution in [0.3, 0.4) is 0 Å². The van der Waals surface area contributed by atoms with Crippen molar-refractivity contribution in [3.63, 3.8) is 0 Å². The summed E-state index contributed by atoms with van der Waals surface area (Å²) in [4.78, 5) is 12.3. The van der Waals surface area contributed by atoms with Crippen molar-refractivity contribution in [2.45, 2.75) is 51.0 Å². The molecule has 0 unspecified atom stereocenters. The number of carbonyl (C=O) groups excluding carboxylic acids is 1. The zero-order chi connectivity index (χ0) is 18.4. The zero-order valence-electron chi connectivity index (χ0n) is 15.3. The lowest BCUT2D eigenvalue weighted by atomic mass is 10.1. The molecule has 0 radical (unpaired) electrons. The quantitative estimate of drug-likeness (QED) is 0.798. The summed E-state index contributed by atoms with van der Waals surface area (Å²) < 4.78 is 16.1. The molecule has 0 bridgehead atoms. The third-order valence-electron chi connectivity index (χ3n) is 4.65. The number of carbonyl (C=O) groups is 1. The van der Waals surface area contributed by atoms with Gasteiger partial charge in [0.1, 0.15) is 0 Å². The van der Waals surface area contributed by atoms with Gasteiger partial charge in [0.25, 0.3) is 0 Å². The molecule has 1 aliphatic carbocycles. The van der Waals surface area contributed by atoms with Crippen LogP contribution in [0, 0.1) is 0 Å².